The van der Waals surface area contributed by atoms with Crippen LogP contribution in [0.15, 0.2) is 12.1 Å². The summed E-state index contributed by atoms with van der Waals surface area (Å²) in [6.45, 7) is -0.264. The van der Waals surface area contributed by atoms with Gasteiger partial charge in [0.05, 0.1) is 24.3 Å². The summed E-state index contributed by atoms with van der Waals surface area (Å²) in [4.78, 5) is 11.4. The Kier molecular flexibility index (Phi) is 4.12. The molecule has 0 aliphatic heterocycles. The topological polar surface area (TPSA) is 76.1 Å². The van der Waals surface area contributed by atoms with Gasteiger partial charge in [0.2, 0.25) is 0 Å². The van der Waals surface area contributed by atoms with Crippen LogP contribution in [0.1, 0.15) is 33.5 Å². The van der Waals surface area contributed by atoms with Gasteiger partial charge in [0.1, 0.15) is 0 Å². The number of hydrogen-bond acceptors (Lipinski definition) is 4. The smallest absolute Gasteiger partial charge is 0.338 e. The van der Waals surface area contributed by atoms with Crippen LogP contribution in [0.2, 0.25) is 0 Å². The highest BCUT2D eigenvalue weighted by atomic mass is 19.3. The molecule has 6 heteroatoms. The molecule has 0 saturated carbocycles. The lowest BCUT2D eigenvalue weighted by Crippen LogP contribution is -2.13. The number of nitriles is 1. The molecule has 2 N–H and O–H groups in total. The summed E-state index contributed by atoms with van der Waals surface area (Å²) in [6, 6.07) is 4.07. The predicted molar refractivity (Wildman–Crippen MR) is 55.3 cm³/mol. The molecule has 4 nitrogen and oxygen atoms in total. The summed E-state index contributed by atoms with van der Waals surface area (Å²) in [5.41, 5.74) is 4.58. The van der Waals surface area contributed by atoms with Crippen LogP contribution >= 0.6 is 0 Å². The molecule has 0 aromatic heterocycles. The van der Waals surface area contributed by atoms with Crippen molar-refractivity contribution >= 4 is 5.97 Å². The molecule has 0 unspecified atom stereocenters. The molecular formula is C11H10F2N2O2. The Morgan fingerprint density at radius 3 is 2.65 bits per heavy atom. The summed E-state index contributed by atoms with van der Waals surface area (Å²) in [6.07, 6.45) is -2.87. The number of halogens is 2. The van der Waals surface area contributed by atoms with E-state index in [4.69, 9.17) is 11.0 Å². The number of nitrogens with zero attached hydrogens (tertiary/aromatic N) is 1. The van der Waals surface area contributed by atoms with E-state index >= 15 is 0 Å². The SMILES string of the molecule is COC(=O)c1ccc(C#N)c(C(F)F)c1CN. The average Bonchev–Trinajstić information content (AvgIpc) is 2.35. The van der Waals surface area contributed by atoms with Crippen LogP contribution in [0.5, 0.6) is 0 Å². The normalized spacial score (nSPS) is 10.1. The molecule has 17 heavy (non-hydrogen) atoms. The first-order valence-corrected chi connectivity index (χ1v) is 4.69. The third kappa shape index (κ3) is 2.40. The monoisotopic (exact) mass is 240 g/mol. The molecule has 90 valence electrons. The Bertz CT molecular complexity index is 481. The molecule has 1 aromatic rings. The van der Waals surface area contributed by atoms with Crippen LogP contribution in [-0.2, 0) is 11.3 Å². The number of carbonyl (C=O) groups is 1. The lowest BCUT2D eigenvalue weighted by atomic mass is 9.96. The number of hydrogen-bond donors (Lipinski definition) is 1. The minimum Gasteiger partial charge on any atom is -0.465 e. The number of esters is 1. The van der Waals surface area contributed by atoms with E-state index < -0.39 is 18.0 Å². The molecule has 0 radical (unpaired) electrons. The standard InChI is InChI=1S/C11H10F2N2O2/c1-17-11(16)7-3-2-6(4-14)9(10(12)13)8(7)5-15/h2-3,10H,5,15H2,1H3. The third-order valence-electron chi connectivity index (χ3n) is 2.31. The molecule has 1 aromatic carbocycles. The zero-order valence-electron chi connectivity index (χ0n) is 9.04. The summed E-state index contributed by atoms with van der Waals surface area (Å²) in [5, 5.41) is 8.73. The second-order valence-corrected chi connectivity index (χ2v) is 3.16. The fourth-order valence-corrected chi connectivity index (χ4v) is 1.53. The lowest BCUT2D eigenvalue weighted by Gasteiger charge is -2.12. The van der Waals surface area contributed by atoms with Gasteiger partial charge in [0, 0.05) is 12.1 Å². The van der Waals surface area contributed by atoms with E-state index in [1.807, 2.05) is 0 Å². The number of ether oxygens (including phenoxy) is 1. The minimum atomic E-state index is -2.87. The quantitative estimate of drug-likeness (QED) is 0.816. The third-order valence-corrected chi connectivity index (χ3v) is 2.31. The van der Waals surface area contributed by atoms with E-state index in [-0.39, 0.29) is 23.2 Å². The van der Waals surface area contributed by atoms with Crippen molar-refractivity contribution in [3.8, 4) is 6.07 Å². The van der Waals surface area contributed by atoms with Gasteiger partial charge in [0.15, 0.2) is 0 Å². The van der Waals surface area contributed by atoms with Gasteiger partial charge in [-0.3, -0.25) is 0 Å². The Morgan fingerprint density at radius 2 is 2.24 bits per heavy atom. The predicted octanol–water partition coefficient (Wildman–Crippen LogP) is 1.74. The summed E-state index contributed by atoms with van der Waals surface area (Å²) in [7, 11) is 1.14. The van der Waals surface area contributed by atoms with Crippen LogP contribution in [0, 0.1) is 11.3 Å². The van der Waals surface area contributed by atoms with Gasteiger partial charge in [-0.1, -0.05) is 0 Å². The van der Waals surface area contributed by atoms with Gasteiger partial charge in [-0.25, -0.2) is 13.6 Å². The second kappa shape index (κ2) is 5.37. The van der Waals surface area contributed by atoms with E-state index in [1.165, 1.54) is 6.07 Å². The van der Waals surface area contributed by atoms with E-state index in [2.05, 4.69) is 4.74 Å². The van der Waals surface area contributed by atoms with E-state index in [1.54, 1.807) is 6.07 Å². The zero-order chi connectivity index (χ0) is 13.0. The van der Waals surface area contributed by atoms with Crippen LogP contribution < -0.4 is 5.73 Å². The molecule has 0 bridgehead atoms. The average molecular weight is 240 g/mol. The number of benzene rings is 1. The summed E-state index contributed by atoms with van der Waals surface area (Å²) in [5.74, 6) is -0.753. The van der Waals surface area contributed by atoms with Crippen LogP contribution in [0.4, 0.5) is 8.78 Å². The largest absolute Gasteiger partial charge is 0.465 e. The van der Waals surface area contributed by atoms with Gasteiger partial charge < -0.3 is 10.5 Å². The second-order valence-electron chi connectivity index (χ2n) is 3.16. The van der Waals surface area contributed by atoms with Crippen LogP contribution in [0.3, 0.4) is 0 Å². The molecule has 0 aliphatic carbocycles. The molecule has 0 spiro atoms. The van der Waals surface area contributed by atoms with Gasteiger partial charge >= 0.3 is 5.97 Å². The van der Waals surface area contributed by atoms with Gasteiger partial charge in [-0.15, -0.1) is 0 Å². The molecule has 0 fully saturated rings. The van der Waals surface area contributed by atoms with Crippen molar-refractivity contribution in [2.75, 3.05) is 7.11 Å². The molecule has 1 rings (SSSR count). The van der Waals surface area contributed by atoms with E-state index in [0.29, 0.717) is 0 Å². The maximum absolute atomic E-state index is 12.9. The van der Waals surface area contributed by atoms with Gasteiger partial charge in [0.25, 0.3) is 6.43 Å². The van der Waals surface area contributed by atoms with Gasteiger partial charge in [-0.05, 0) is 17.7 Å². The summed E-state index contributed by atoms with van der Waals surface area (Å²) >= 11 is 0. The number of nitrogens with two attached hydrogens (primary N) is 1. The maximum Gasteiger partial charge on any atom is 0.338 e. The first-order valence-electron chi connectivity index (χ1n) is 4.69. The van der Waals surface area contributed by atoms with E-state index in [0.717, 1.165) is 13.2 Å². The Labute approximate surface area is 96.6 Å². The Morgan fingerprint density at radius 1 is 1.59 bits per heavy atom. The van der Waals surface area contributed by atoms with Crippen LogP contribution in [0.25, 0.3) is 0 Å². The van der Waals surface area contributed by atoms with Crippen molar-refractivity contribution in [1.29, 1.82) is 5.26 Å². The molecular weight excluding hydrogens is 230 g/mol. The number of methoxy groups -OCH3 is 1. The highest BCUT2D eigenvalue weighted by molar-refractivity contribution is 5.91. The number of alkyl halides is 2. The van der Waals surface area contributed by atoms with Crippen molar-refractivity contribution in [3.63, 3.8) is 0 Å². The number of rotatable bonds is 3. The van der Waals surface area contributed by atoms with Crippen molar-refractivity contribution in [2.45, 2.75) is 13.0 Å². The minimum absolute atomic E-state index is 0.0377. The number of carbonyl (C=O) groups excluding carboxylic acids is 1. The Balaban J connectivity index is 3.53. The van der Waals surface area contributed by atoms with Crippen molar-refractivity contribution < 1.29 is 18.3 Å². The van der Waals surface area contributed by atoms with Crippen LogP contribution in [-0.4, -0.2) is 13.1 Å². The maximum atomic E-state index is 12.9. The highest BCUT2D eigenvalue weighted by Gasteiger charge is 2.23. The zero-order valence-corrected chi connectivity index (χ0v) is 9.04. The molecule has 0 atom stereocenters. The summed E-state index contributed by atoms with van der Waals surface area (Å²) < 4.78 is 30.2. The molecule has 0 saturated heterocycles. The van der Waals surface area contributed by atoms with Crippen molar-refractivity contribution in [2.24, 2.45) is 5.73 Å². The molecule has 0 amide bonds. The lowest BCUT2D eigenvalue weighted by molar-refractivity contribution is 0.0599. The Hall–Kier alpha value is -2.00. The van der Waals surface area contributed by atoms with Gasteiger partial charge in [-0.2, -0.15) is 5.26 Å². The van der Waals surface area contributed by atoms with Crippen molar-refractivity contribution in [3.05, 3.63) is 34.4 Å². The molecule has 0 heterocycles. The van der Waals surface area contributed by atoms with E-state index in [9.17, 15) is 13.6 Å². The van der Waals surface area contributed by atoms with Crippen molar-refractivity contribution in [1.82, 2.24) is 0 Å². The highest BCUT2D eigenvalue weighted by Crippen LogP contribution is 2.29. The first kappa shape index (κ1) is 13.1. The molecule has 0 aliphatic rings. The fraction of sp³-hybridized carbons (Fsp3) is 0.273. The fourth-order valence-electron chi connectivity index (χ4n) is 1.53. The first-order chi connectivity index (χ1) is 8.06.